The Kier molecular flexibility index (Phi) is 4.90. The molecular formula is C15H14N4O3. The van der Waals surface area contributed by atoms with Crippen molar-refractivity contribution >= 4 is 6.03 Å². The topological polar surface area (TPSA) is 102 Å². The van der Waals surface area contributed by atoms with E-state index < -0.39 is 12.1 Å². The van der Waals surface area contributed by atoms with Crippen molar-refractivity contribution < 1.29 is 14.7 Å². The highest BCUT2D eigenvalue weighted by atomic mass is 16.5. The zero-order valence-electron chi connectivity index (χ0n) is 11.8. The predicted molar refractivity (Wildman–Crippen MR) is 78.1 cm³/mol. The molecule has 0 bridgehead atoms. The molecule has 0 aliphatic carbocycles. The van der Waals surface area contributed by atoms with Gasteiger partial charge in [0.15, 0.2) is 0 Å². The zero-order valence-corrected chi connectivity index (χ0v) is 11.8. The lowest BCUT2D eigenvalue weighted by Gasteiger charge is -2.14. The van der Waals surface area contributed by atoms with E-state index in [1.165, 1.54) is 0 Å². The molecule has 7 heteroatoms. The van der Waals surface area contributed by atoms with Gasteiger partial charge in [-0.2, -0.15) is 5.06 Å². The minimum atomic E-state index is -0.958. The average Bonchev–Trinajstić information content (AvgIpc) is 2.53. The number of amides is 2. The molecule has 1 heterocycles. The van der Waals surface area contributed by atoms with E-state index in [9.17, 15) is 10.0 Å². The van der Waals surface area contributed by atoms with Crippen LogP contribution >= 0.6 is 0 Å². The maximum Gasteiger partial charge on any atom is 0.339 e. The third-order valence-electron chi connectivity index (χ3n) is 2.60. The number of aromatic nitrogens is 2. The average molecular weight is 298 g/mol. The molecule has 2 rings (SSSR count). The minimum Gasteiger partial charge on any atom is -0.424 e. The van der Waals surface area contributed by atoms with Crippen LogP contribution in [-0.4, -0.2) is 32.3 Å². The van der Waals surface area contributed by atoms with E-state index in [1.54, 1.807) is 49.6 Å². The molecule has 112 valence electrons. The van der Waals surface area contributed by atoms with Gasteiger partial charge in [-0.1, -0.05) is 17.9 Å². The fourth-order valence-electron chi connectivity index (χ4n) is 1.52. The summed E-state index contributed by atoms with van der Waals surface area (Å²) in [5.74, 6) is 6.06. The van der Waals surface area contributed by atoms with Crippen molar-refractivity contribution in [1.82, 2.24) is 15.0 Å². The largest absolute Gasteiger partial charge is 0.424 e. The van der Waals surface area contributed by atoms with Gasteiger partial charge in [-0.15, -0.1) is 0 Å². The van der Waals surface area contributed by atoms with E-state index in [0.29, 0.717) is 16.4 Å². The van der Waals surface area contributed by atoms with Crippen LogP contribution in [0.2, 0.25) is 0 Å². The van der Waals surface area contributed by atoms with Crippen molar-refractivity contribution in [2.45, 2.75) is 13.0 Å². The summed E-state index contributed by atoms with van der Waals surface area (Å²) < 4.78 is 5.49. The van der Waals surface area contributed by atoms with E-state index in [0.717, 1.165) is 0 Å². The second-order valence-electron chi connectivity index (χ2n) is 4.29. The summed E-state index contributed by atoms with van der Waals surface area (Å²) in [6.45, 7) is 1.55. The number of carbonyl (C=O) groups is 1. The first-order valence-electron chi connectivity index (χ1n) is 6.40. The number of nitrogens with two attached hydrogens (primary N) is 1. The van der Waals surface area contributed by atoms with Crippen molar-refractivity contribution in [2.75, 3.05) is 0 Å². The van der Waals surface area contributed by atoms with Gasteiger partial charge in [0, 0.05) is 18.0 Å². The molecule has 0 saturated carbocycles. The molecule has 1 aromatic carbocycles. The number of rotatable bonds is 3. The Hall–Kier alpha value is -3.11. The Bertz CT molecular complexity index is 709. The summed E-state index contributed by atoms with van der Waals surface area (Å²) in [6.07, 6.45) is 3.15. The number of hydroxylamine groups is 2. The molecule has 0 fully saturated rings. The lowest BCUT2D eigenvalue weighted by Crippen LogP contribution is -2.38. The van der Waals surface area contributed by atoms with Gasteiger partial charge < -0.3 is 10.5 Å². The van der Waals surface area contributed by atoms with Gasteiger partial charge in [-0.25, -0.2) is 14.8 Å². The maximum absolute atomic E-state index is 10.8. The Labute approximate surface area is 127 Å². The number of ether oxygens (including phenoxy) is 1. The number of primary amides is 1. The highest BCUT2D eigenvalue weighted by Crippen LogP contribution is 2.18. The first-order chi connectivity index (χ1) is 10.6. The van der Waals surface area contributed by atoms with E-state index in [2.05, 4.69) is 21.8 Å². The van der Waals surface area contributed by atoms with Crippen LogP contribution in [-0.2, 0) is 0 Å². The highest BCUT2D eigenvalue weighted by Gasteiger charge is 2.11. The molecule has 2 aromatic rings. The third kappa shape index (κ3) is 4.19. The summed E-state index contributed by atoms with van der Waals surface area (Å²) in [5, 5.41) is 9.70. The minimum absolute atomic E-state index is 0.233. The van der Waals surface area contributed by atoms with Gasteiger partial charge >= 0.3 is 12.0 Å². The van der Waals surface area contributed by atoms with Gasteiger partial charge in [-0.05, 0) is 31.2 Å². The predicted octanol–water partition coefficient (Wildman–Crippen LogP) is 1.78. The molecule has 2 amide bonds. The molecule has 3 N–H and O–H groups in total. The number of hydrogen-bond acceptors (Lipinski definition) is 5. The summed E-state index contributed by atoms with van der Waals surface area (Å²) in [6, 6.07) is 7.21. The number of benzene rings is 1. The third-order valence-corrected chi connectivity index (χ3v) is 2.60. The molecule has 1 aromatic heterocycles. The standard InChI is InChI=1S/C15H14N4O3/c1-11(19(21)14(16)20)6-7-12-4-2-5-13(10-12)22-15-17-8-3-9-18-15/h2-5,8-11,21H,1H3,(H2,16,20). The van der Waals surface area contributed by atoms with Crippen molar-refractivity contribution in [2.24, 2.45) is 5.73 Å². The Morgan fingerprint density at radius 1 is 1.36 bits per heavy atom. The van der Waals surface area contributed by atoms with E-state index in [-0.39, 0.29) is 6.01 Å². The molecular weight excluding hydrogens is 284 g/mol. The zero-order chi connectivity index (χ0) is 15.9. The molecule has 0 radical (unpaired) electrons. The molecule has 0 saturated heterocycles. The van der Waals surface area contributed by atoms with E-state index >= 15 is 0 Å². The monoisotopic (exact) mass is 298 g/mol. The summed E-state index contributed by atoms with van der Waals surface area (Å²) >= 11 is 0. The van der Waals surface area contributed by atoms with Crippen LogP contribution < -0.4 is 10.5 Å². The normalized spacial score (nSPS) is 11.0. The summed E-state index contributed by atoms with van der Waals surface area (Å²) in [5.41, 5.74) is 5.60. The Morgan fingerprint density at radius 2 is 2.09 bits per heavy atom. The lowest BCUT2D eigenvalue weighted by molar-refractivity contribution is -0.0536. The number of nitrogens with zero attached hydrogens (tertiary/aromatic N) is 3. The van der Waals surface area contributed by atoms with Gasteiger partial charge in [-0.3, -0.25) is 5.21 Å². The number of carbonyl (C=O) groups excluding carboxylic acids is 1. The fraction of sp³-hybridized carbons (Fsp3) is 0.133. The smallest absolute Gasteiger partial charge is 0.339 e. The first kappa shape index (κ1) is 15.3. The maximum atomic E-state index is 10.8. The van der Waals surface area contributed by atoms with Crippen LogP contribution in [0.1, 0.15) is 12.5 Å². The van der Waals surface area contributed by atoms with Gasteiger partial charge in [0.05, 0.1) is 0 Å². The Morgan fingerprint density at radius 3 is 2.77 bits per heavy atom. The van der Waals surface area contributed by atoms with Crippen molar-refractivity contribution in [3.05, 3.63) is 48.3 Å². The van der Waals surface area contributed by atoms with Gasteiger partial charge in [0.2, 0.25) is 0 Å². The fourth-order valence-corrected chi connectivity index (χ4v) is 1.52. The Balaban J connectivity index is 2.11. The van der Waals surface area contributed by atoms with Crippen molar-refractivity contribution in [3.8, 4) is 23.6 Å². The number of hydrogen-bond donors (Lipinski definition) is 2. The summed E-state index contributed by atoms with van der Waals surface area (Å²) in [7, 11) is 0. The van der Waals surface area contributed by atoms with Crippen molar-refractivity contribution in [3.63, 3.8) is 0 Å². The second kappa shape index (κ2) is 7.06. The van der Waals surface area contributed by atoms with Crippen LogP contribution in [0, 0.1) is 11.8 Å². The molecule has 0 aliphatic rings. The highest BCUT2D eigenvalue weighted by molar-refractivity contribution is 5.71. The first-order valence-corrected chi connectivity index (χ1v) is 6.40. The van der Waals surface area contributed by atoms with Crippen LogP contribution in [0.4, 0.5) is 4.79 Å². The number of urea groups is 1. The molecule has 1 atom stereocenters. The second-order valence-corrected chi connectivity index (χ2v) is 4.29. The van der Waals surface area contributed by atoms with Crippen LogP contribution in [0.15, 0.2) is 42.7 Å². The molecule has 0 aliphatic heterocycles. The quantitative estimate of drug-likeness (QED) is 0.511. The van der Waals surface area contributed by atoms with E-state index in [4.69, 9.17) is 10.5 Å². The SMILES string of the molecule is CC(C#Cc1cccc(Oc2ncccn2)c1)N(O)C(N)=O. The molecule has 1 unspecified atom stereocenters. The van der Waals surface area contributed by atoms with Crippen LogP contribution in [0.5, 0.6) is 11.8 Å². The van der Waals surface area contributed by atoms with Gasteiger partial charge in [0.25, 0.3) is 0 Å². The van der Waals surface area contributed by atoms with Crippen LogP contribution in [0.25, 0.3) is 0 Å². The molecule has 7 nitrogen and oxygen atoms in total. The van der Waals surface area contributed by atoms with Gasteiger partial charge in [0.1, 0.15) is 11.8 Å². The van der Waals surface area contributed by atoms with E-state index in [1.807, 2.05) is 0 Å². The van der Waals surface area contributed by atoms with Crippen LogP contribution in [0.3, 0.4) is 0 Å². The summed E-state index contributed by atoms with van der Waals surface area (Å²) in [4.78, 5) is 18.7. The molecule has 0 spiro atoms. The van der Waals surface area contributed by atoms with Crippen molar-refractivity contribution in [1.29, 1.82) is 0 Å². The lowest BCUT2D eigenvalue weighted by atomic mass is 10.2. The molecule has 22 heavy (non-hydrogen) atoms.